The quantitative estimate of drug-likeness (QED) is 0.0776. The van der Waals surface area contributed by atoms with Crippen LogP contribution in [0, 0.1) is 0 Å². The highest BCUT2D eigenvalue weighted by molar-refractivity contribution is 6.40. The molecule has 7 nitrogen and oxygen atoms in total. The zero-order valence-corrected chi connectivity index (χ0v) is 22.9. The van der Waals surface area contributed by atoms with E-state index in [9.17, 15) is 9.59 Å². The van der Waals surface area contributed by atoms with Gasteiger partial charge in [-0.25, -0.2) is 4.79 Å². The van der Waals surface area contributed by atoms with Crippen molar-refractivity contribution in [1.29, 1.82) is 0 Å². The van der Waals surface area contributed by atoms with Crippen LogP contribution in [-0.4, -0.2) is 64.6 Å². The van der Waals surface area contributed by atoms with Crippen LogP contribution >= 0.6 is 0 Å². The molecule has 7 heteroatoms. The topological polar surface area (TPSA) is 80.3 Å². The number of hydrogen-bond donors (Lipinski definition) is 0. The number of Topliss-reactive ketones (excluding diaryl/α,β-unsaturated/α-hetero) is 1. The van der Waals surface area contributed by atoms with Gasteiger partial charge in [-0.15, -0.1) is 0 Å². The molecule has 38 heavy (non-hydrogen) atoms. The van der Waals surface area contributed by atoms with Gasteiger partial charge in [-0.05, 0) is 30.5 Å². The van der Waals surface area contributed by atoms with Crippen molar-refractivity contribution < 1.29 is 33.3 Å². The molecule has 0 atom stereocenters. The summed E-state index contributed by atoms with van der Waals surface area (Å²) in [4.78, 5) is 23.6. The fraction of sp³-hybridized carbons (Fsp3) is 0.548. The normalized spacial score (nSPS) is 10.9. The van der Waals surface area contributed by atoms with Crippen molar-refractivity contribution in [2.75, 3.05) is 52.9 Å². The number of carbonyl (C=O) groups excluding carboxylic acids is 2. The largest absolute Gasteiger partial charge is 0.491 e. The maximum atomic E-state index is 11.9. The Hall–Kier alpha value is -2.74. The van der Waals surface area contributed by atoms with Crippen LogP contribution in [0.3, 0.4) is 0 Å². The van der Waals surface area contributed by atoms with Crippen molar-refractivity contribution in [3.8, 4) is 5.75 Å². The highest BCUT2D eigenvalue weighted by Gasteiger charge is 2.17. The van der Waals surface area contributed by atoms with E-state index in [1.165, 1.54) is 50.5 Å². The lowest BCUT2D eigenvalue weighted by atomic mass is 10.0. The maximum Gasteiger partial charge on any atom is 0.379 e. The van der Waals surface area contributed by atoms with Gasteiger partial charge < -0.3 is 23.7 Å². The van der Waals surface area contributed by atoms with Crippen LogP contribution in [0.1, 0.15) is 67.8 Å². The molecular weight excluding hydrogens is 484 g/mol. The minimum Gasteiger partial charge on any atom is -0.491 e. The molecule has 0 saturated carbocycles. The zero-order chi connectivity index (χ0) is 27.1. The Morgan fingerprint density at radius 1 is 0.605 bits per heavy atom. The Kier molecular flexibility index (Phi) is 17.6. The monoisotopic (exact) mass is 528 g/mol. The van der Waals surface area contributed by atoms with Crippen LogP contribution < -0.4 is 4.74 Å². The summed E-state index contributed by atoms with van der Waals surface area (Å²) in [7, 11) is 0. The summed E-state index contributed by atoms with van der Waals surface area (Å²) >= 11 is 0. The van der Waals surface area contributed by atoms with Crippen molar-refractivity contribution in [3.05, 3.63) is 65.7 Å². The molecule has 0 bridgehead atoms. The van der Waals surface area contributed by atoms with Gasteiger partial charge in [-0.2, -0.15) is 0 Å². The molecule has 0 N–H and O–H groups in total. The number of carbonyl (C=O) groups is 2. The molecule has 210 valence electrons. The van der Waals surface area contributed by atoms with Crippen LogP contribution in [0.15, 0.2) is 54.6 Å². The average molecular weight is 529 g/mol. The molecule has 0 saturated heterocycles. The fourth-order valence-corrected chi connectivity index (χ4v) is 3.77. The minimum atomic E-state index is -0.881. The molecular formula is C31H44O7. The first-order chi connectivity index (χ1) is 18.7. The summed E-state index contributed by atoms with van der Waals surface area (Å²) in [6, 6.07) is 16.7. The first kappa shape index (κ1) is 31.5. The number of esters is 1. The van der Waals surface area contributed by atoms with Crippen molar-refractivity contribution in [1.82, 2.24) is 0 Å². The van der Waals surface area contributed by atoms with Gasteiger partial charge >= 0.3 is 5.97 Å². The third kappa shape index (κ3) is 14.9. The minimum absolute atomic E-state index is 0.0163. The first-order valence-corrected chi connectivity index (χ1v) is 13.9. The van der Waals surface area contributed by atoms with Gasteiger partial charge in [0.25, 0.3) is 5.78 Å². The van der Waals surface area contributed by atoms with Gasteiger partial charge in [0.2, 0.25) is 0 Å². The molecule has 2 rings (SSSR count). The molecule has 0 aliphatic carbocycles. The highest BCUT2D eigenvalue weighted by Crippen LogP contribution is 2.15. The highest BCUT2D eigenvalue weighted by atomic mass is 16.6. The summed E-state index contributed by atoms with van der Waals surface area (Å²) in [5.41, 5.74) is 1.67. The van der Waals surface area contributed by atoms with Gasteiger partial charge in [0.1, 0.15) is 19.0 Å². The zero-order valence-electron chi connectivity index (χ0n) is 22.9. The van der Waals surface area contributed by atoms with Gasteiger partial charge in [0.05, 0.1) is 39.6 Å². The van der Waals surface area contributed by atoms with Crippen molar-refractivity contribution in [2.24, 2.45) is 0 Å². The van der Waals surface area contributed by atoms with Gasteiger partial charge in [-0.3, -0.25) is 4.79 Å². The second-order valence-electron chi connectivity index (χ2n) is 9.03. The van der Waals surface area contributed by atoms with Crippen LogP contribution in [-0.2, 0) is 30.2 Å². The predicted molar refractivity (Wildman–Crippen MR) is 148 cm³/mol. The summed E-state index contributed by atoms with van der Waals surface area (Å²) in [5, 5.41) is 0. The van der Waals surface area contributed by atoms with E-state index in [1.807, 2.05) is 12.1 Å². The third-order valence-corrected chi connectivity index (χ3v) is 5.91. The predicted octanol–water partition coefficient (Wildman–Crippen LogP) is 5.83. The lowest BCUT2D eigenvalue weighted by molar-refractivity contribution is -0.139. The molecule has 2 aromatic carbocycles. The van der Waals surface area contributed by atoms with Crippen LogP contribution in [0.25, 0.3) is 0 Å². The Morgan fingerprint density at radius 3 is 1.79 bits per heavy atom. The second-order valence-corrected chi connectivity index (χ2v) is 9.03. The number of ketones is 1. The molecule has 0 spiro atoms. The Balaban J connectivity index is 1.35. The number of unbranched alkanes of at least 4 members (excludes halogenated alkanes) is 6. The van der Waals surface area contributed by atoms with E-state index in [2.05, 4.69) is 19.1 Å². The fourth-order valence-electron chi connectivity index (χ4n) is 3.77. The SMILES string of the molecule is CCCCCCCCCc1ccc(OCCOCCOCCOCCOC(=O)C(=O)c2ccccc2)cc1. The summed E-state index contributed by atoms with van der Waals surface area (Å²) in [6.45, 7) is 5.15. The Morgan fingerprint density at radius 2 is 1.16 bits per heavy atom. The van der Waals surface area contributed by atoms with E-state index in [0.717, 1.165) is 12.2 Å². The lowest BCUT2D eigenvalue weighted by Crippen LogP contribution is -2.20. The van der Waals surface area contributed by atoms with Gasteiger partial charge in [0.15, 0.2) is 0 Å². The van der Waals surface area contributed by atoms with Gasteiger partial charge in [0, 0.05) is 5.56 Å². The maximum absolute atomic E-state index is 11.9. The lowest BCUT2D eigenvalue weighted by Gasteiger charge is -2.09. The molecule has 0 heterocycles. The molecule has 2 aromatic rings. The molecule has 0 aliphatic rings. The summed E-state index contributed by atoms with van der Waals surface area (Å²) in [5.74, 6) is -0.681. The molecule has 0 fully saturated rings. The Bertz CT molecular complexity index is 868. The number of benzene rings is 2. The van der Waals surface area contributed by atoms with Crippen molar-refractivity contribution in [3.63, 3.8) is 0 Å². The molecule has 0 aliphatic heterocycles. The van der Waals surface area contributed by atoms with Crippen LogP contribution in [0.4, 0.5) is 0 Å². The average Bonchev–Trinajstić information content (AvgIpc) is 2.95. The third-order valence-electron chi connectivity index (χ3n) is 5.91. The Labute approximate surface area is 227 Å². The molecule has 0 amide bonds. The smallest absolute Gasteiger partial charge is 0.379 e. The summed E-state index contributed by atoms with van der Waals surface area (Å²) in [6.07, 6.45) is 10.4. The number of aryl methyl sites for hydroxylation is 1. The number of rotatable bonds is 23. The van der Waals surface area contributed by atoms with Crippen molar-refractivity contribution >= 4 is 11.8 Å². The van der Waals surface area contributed by atoms with Crippen LogP contribution in [0.2, 0.25) is 0 Å². The van der Waals surface area contributed by atoms with E-state index < -0.39 is 11.8 Å². The number of hydrogen-bond acceptors (Lipinski definition) is 7. The first-order valence-electron chi connectivity index (χ1n) is 13.9. The number of ether oxygens (including phenoxy) is 5. The van der Waals surface area contributed by atoms with Crippen LogP contribution in [0.5, 0.6) is 5.75 Å². The summed E-state index contributed by atoms with van der Waals surface area (Å²) < 4.78 is 27.0. The van der Waals surface area contributed by atoms with E-state index in [4.69, 9.17) is 23.7 Å². The van der Waals surface area contributed by atoms with E-state index in [1.54, 1.807) is 30.3 Å². The second kappa shape index (κ2) is 21.2. The van der Waals surface area contributed by atoms with E-state index >= 15 is 0 Å². The van der Waals surface area contributed by atoms with Gasteiger partial charge in [-0.1, -0.05) is 87.9 Å². The molecule has 0 radical (unpaired) electrons. The van der Waals surface area contributed by atoms with E-state index in [-0.39, 0.29) is 13.2 Å². The van der Waals surface area contributed by atoms with Crippen molar-refractivity contribution in [2.45, 2.75) is 58.3 Å². The molecule has 0 unspecified atom stereocenters. The molecule has 0 aromatic heterocycles. The standard InChI is InChI=1S/C31H44O7/c1-2-3-4-5-6-7-9-12-27-15-17-29(18-16-27)37-25-23-35-21-19-34-20-22-36-24-26-38-31(33)30(32)28-13-10-8-11-14-28/h8,10-11,13-18H,2-7,9,12,19-26H2,1H3. The van der Waals surface area contributed by atoms with E-state index in [0.29, 0.717) is 45.2 Å².